The second kappa shape index (κ2) is 12.9. The molecule has 192 valence electrons. The minimum atomic E-state index is -0.363. The molecule has 2 N–H and O–H groups in total. The minimum absolute atomic E-state index is 0.0106. The number of carbonyl (C=O) groups is 2. The number of carbonyl (C=O) groups excluding carboxylic acids is 2. The maximum Gasteiger partial charge on any atom is 0.257 e. The van der Waals surface area contributed by atoms with Crippen LogP contribution in [0.5, 0.6) is 11.5 Å². The van der Waals surface area contributed by atoms with E-state index in [1.807, 2.05) is 35.2 Å². The number of piperidine rings is 1. The summed E-state index contributed by atoms with van der Waals surface area (Å²) in [6.07, 6.45) is 2.04. The molecule has 37 heavy (non-hydrogen) atoms. The van der Waals surface area contributed by atoms with Gasteiger partial charge in [-0.05, 0) is 79.5 Å². The van der Waals surface area contributed by atoms with Gasteiger partial charge in [-0.2, -0.15) is 0 Å². The third kappa shape index (κ3) is 7.79. The number of ether oxygens (including phenoxy) is 2. The van der Waals surface area contributed by atoms with Gasteiger partial charge in [-0.3, -0.25) is 14.9 Å². The van der Waals surface area contributed by atoms with Gasteiger partial charge in [0.25, 0.3) is 11.8 Å². The molecule has 1 aliphatic rings. The van der Waals surface area contributed by atoms with Crippen LogP contribution in [-0.4, -0.2) is 48.1 Å². The zero-order chi connectivity index (χ0) is 26.0. The van der Waals surface area contributed by atoms with Gasteiger partial charge < -0.3 is 19.7 Å². The summed E-state index contributed by atoms with van der Waals surface area (Å²) in [5.41, 5.74) is 1.64. The Balaban J connectivity index is 1.27. The topological polar surface area (TPSA) is 79.9 Å². The molecule has 0 spiro atoms. The second-order valence-corrected chi connectivity index (χ2v) is 9.41. The lowest BCUT2D eigenvalue weighted by atomic mass is 9.98. The van der Waals surface area contributed by atoms with Crippen molar-refractivity contribution in [3.05, 3.63) is 90.0 Å². The van der Waals surface area contributed by atoms with Crippen molar-refractivity contribution < 1.29 is 19.1 Å². The molecule has 0 unspecified atom stereocenters. The largest absolute Gasteiger partial charge is 0.490 e. The average molecular weight is 518 g/mol. The molecule has 3 aromatic rings. The Morgan fingerprint density at radius 2 is 1.51 bits per heavy atom. The number of benzene rings is 3. The van der Waals surface area contributed by atoms with E-state index < -0.39 is 0 Å². The van der Waals surface area contributed by atoms with Crippen LogP contribution in [0, 0.1) is 5.92 Å². The highest BCUT2D eigenvalue weighted by Gasteiger charge is 2.21. The van der Waals surface area contributed by atoms with Gasteiger partial charge in [0.2, 0.25) is 0 Å². The number of rotatable bonds is 8. The van der Waals surface area contributed by atoms with Gasteiger partial charge in [0.05, 0.1) is 0 Å². The molecule has 0 bridgehead atoms. The second-order valence-electron chi connectivity index (χ2n) is 9.00. The molecule has 0 aliphatic carbocycles. The molecular weight excluding hydrogens is 486 g/mol. The Morgan fingerprint density at radius 1 is 0.865 bits per heavy atom. The van der Waals surface area contributed by atoms with Gasteiger partial charge in [0, 0.05) is 29.9 Å². The van der Waals surface area contributed by atoms with E-state index in [0.29, 0.717) is 41.7 Å². The van der Waals surface area contributed by atoms with Crippen molar-refractivity contribution in [2.45, 2.75) is 19.8 Å². The number of hydrogen-bond donors (Lipinski definition) is 2. The molecule has 1 saturated heterocycles. The van der Waals surface area contributed by atoms with Gasteiger partial charge in [-0.1, -0.05) is 37.3 Å². The first-order chi connectivity index (χ1) is 18.0. The molecule has 0 atom stereocenters. The van der Waals surface area contributed by atoms with Crippen LogP contribution in [0.15, 0.2) is 78.9 Å². The molecule has 1 heterocycles. The van der Waals surface area contributed by atoms with Crippen molar-refractivity contribution in [1.29, 1.82) is 0 Å². The summed E-state index contributed by atoms with van der Waals surface area (Å²) in [7, 11) is 0. The predicted molar refractivity (Wildman–Crippen MR) is 148 cm³/mol. The van der Waals surface area contributed by atoms with E-state index in [-0.39, 0.29) is 16.9 Å². The molecule has 2 amide bonds. The van der Waals surface area contributed by atoms with Gasteiger partial charge in [-0.15, -0.1) is 0 Å². The first-order valence-corrected chi connectivity index (χ1v) is 12.8. The molecule has 8 heteroatoms. The van der Waals surface area contributed by atoms with Gasteiger partial charge in [0.15, 0.2) is 5.11 Å². The Bertz CT molecular complexity index is 1230. The van der Waals surface area contributed by atoms with Crippen LogP contribution >= 0.6 is 12.2 Å². The summed E-state index contributed by atoms with van der Waals surface area (Å²) in [4.78, 5) is 27.5. The van der Waals surface area contributed by atoms with Gasteiger partial charge in [0.1, 0.15) is 24.7 Å². The molecule has 0 radical (unpaired) electrons. The third-order valence-electron chi connectivity index (χ3n) is 6.13. The Labute approximate surface area is 222 Å². The maximum absolute atomic E-state index is 12.9. The number of amides is 2. The Hall–Kier alpha value is -3.91. The lowest BCUT2D eigenvalue weighted by Gasteiger charge is -2.30. The lowest BCUT2D eigenvalue weighted by Crippen LogP contribution is -2.38. The van der Waals surface area contributed by atoms with Crippen LogP contribution in [0.4, 0.5) is 5.69 Å². The van der Waals surface area contributed by atoms with E-state index in [2.05, 4.69) is 17.6 Å². The summed E-state index contributed by atoms with van der Waals surface area (Å²) >= 11 is 5.34. The summed E-state index contributed by atoms with van der Waals surface area (Å²) < 4.78 is 11.3. The van der Waals surface area contributed by atoms with Crippen molar-refractivity contribution in [2.24, 2.45) is 5.92 Å². The quantitative estimate of drug-likeness (QED) is 0.318. The van der Waals surface area contributed by atoms with Crippen LogP contribution in [0.3, 0.4) is 0 Å². The number of hydrogen-bond acceptors (Lipinski definition) is 5. The van der Waals surface area contributed by atoms with E-state index in [1.54, 1.807) is 48.5 Å². The minimum Gasteiger partial charge on any atom is -0.490 e. The van der Waals surface area contributed by atoms with Crippen LogP contribution in [0.2, 0.25) is 0 Å². The van der Waals surface area contributed by atoms with Crippen molar-refractivity contribution in [3.63, 3.8) is 0 Å². The molecule has 0 saturated carbocycles. The maximum atomic E-state index is 12.9. The van der Waals surface area contributed by atoms with Crippen LogP contribution < -0.4 is 20.1 Å². The van der Waals surface area contributed by atoms with Crippen molar-refractivity contribution >= 4 is 34.8 Å². The fourth-order valence-corrected chi connectivity index (χ4v) is 4.24. The van der Waals surface area contributed by atoms with Crippen molar-refractivity contribution in [3.8, 4) is 11.5 Å². The molecule has 1 aliphatic heterocycles. The summed E-state index contributed by atoms with van der Waals surface area (Å²) in [6, 6.07) is 23.5. The first kappa shape index (κ1) is 26.2. The fourth-order valence-electron chi connectivity index (χ4n) is 4.02. The number of likely N-dealkylation sites (tertiary alicyclic amines) is 1. The van der Waals surface area contributed by atoms with Crippen LogP contribution in [-0.2, 0) is 0 Å². The molecule has 3 aromatic carbocycles. The molecule has 1 fully saturated rings. The SMILES string of the molecule is CC1CCN(C(=O)c2cccc(NC(=S)NC(=O)c3cccc(OCCOc4ccccc4)c3)c2)CC1. The van der Waals surface area contributed by atoms with E-state index >= 15 is 0 Å². The van der Waals surface area contributed by atoms with Gasteiger partial charge in [-0.25, -0.2) is 0 Å². The van der Waals surface area contributed by atoms with E-state index in [0.717, 1.165) is 31.7 Å². The van der Waals surface area contributed by atoms with E-state index in [1.165, 1.54) is 0 Å². The summed E-state index contributed by atoms with van der Waals surface area (Å²) in [5.74, 6) is 1.63. The van der Waals surface area contributed by atoms with E-state index in [4.69, 9.17) is 21.7 Å². The van der Waals surface area contributed by atoms with Crippen molar-refractivity contribution in [1.82, 2.24) is 10.2 Å². The monoisotopic (exact) mass is 517 g/mol. The average Bonchev–Trinajstić information content (AvgIpc) is 2.92. The number of anilines is 1. The Kier molecular flexibility index (Phi) is 9.10. The Morgan fingerprint density at radius 3 is 2.27 bits per heavy atom. The van der Waals surface area contributed by atoms with Gasteiger partial charge >= 0.3 is 0 Å². The van der Waals surface area contributed by atoms with Crippen molar-refractivity contribution in [2.75, 3.05) is 31.6 Å². The highest BCUT2D eigenvalue weighted by atomic mass is 32.1. The van der Waals surface area contributed by atoms with Crippen LogP contribution in [0.25, 0.3) is 0 Å². The number of nitrogens with zero attached hydrogens (tertiary/aromatic N) is 1. The fraction of sp³-hybridized carbons (Fsp3) is 0.276. The number of para-hydroxylation sites is 1. The summed E-state index contributed by atoms with van der Waals surface area (Å²) in [5, 5.41) is 5.83. The lowest BCUT2D eigenvalue weighted by molar-refractivity contribution is 0.0697. The van der Waals surface area contributed by atoms with E-state index in [9.17, 15) is 9.59 Å². The molecule has 0 aromatic heterocycles. The molecular formula is C29H31N3O4S. The first-order valence-electron chi connectivity index (χ1n) is 12.4. The normalized spacial score (nSPS) is 13.5. The number of nitrogens with one attached hydrogen (secondary N) is 2. The molecule has 4 rings (SSSR count). The zero-order valence-corrected chi connectivity index (χ0v) is 21.6. The standard InChI is InChI=1S/C29H31N3O4S/c1-21-13-15-32(16-14-21)28(34)23-8-5-9-24(19-23)30-29(37)31-27(33)22-7-6-12-26(20-22)36-18-17-35-25-10-3-2-4-11-25/h2-12,19-21H,13-18H2,1H3,(H2,30,31,33,37). The zero-order valence-electron chi connectivity index (χ0n) is 20.8. The third-order valence-corrected chi connectivity index (χ3v) is 6.33. The van der Waals surface area contributed by atoms with Crippen LogP contribution in [0.1, 0.15) is 40.5 Å². The number of thiocarbonyl (C=S) groups is 1. The predicted octanol–water partition coefficient (Wildman–Crippen LogP) is 5.14. The molecule has 7 nitrogen and oxygen atoms in total. The smallest absolute Gasteiger partial charge is 0.257 e. The highest BCUT2D eigenvalue weighted by molar-refractivity contribution is 7.80. The summed E-state index contributed by atoms with van der Waals surface area (Å²) in [6.45, 7) is 4.48. The highest BCUT2D eigenvalue weighted by Crippen LogP contribution is 2.20.